The molecule has 3 heteroatoms. The van der Waals surface area contributed by atoms with Gasteiger partial charge >= 0.3 is 22.4 Å². The van der Waals surface area contributed by atoms with Crippen molar-refractivity contribution >= 4 is 11.0 Å². The molecule has 0 spiro atoms. The molecule has 1 heterocycles. The maximum atomic E-state index is 4.20. The molecule has 1 aromatic carbocycles. The third-order valence-electron chi connectivity index (χ3n) is 1.45. The second kappa shape index (κ2) is 3.22. The fourth-order valence-electron chi connectivity index (χ4n) is 1.03. The van der Waals surface area contributed by atoms with E-state index < -0.39 is 0 Å². The van der Waals surface area contributed by atoms with Gasteiger partial charge in [-0.15, -0.1) is 0 Å². The molecule has 0 bridgehead atoms. The number of fused-ring (bicyclic) bond motifs is 1. The number of para-hydroxylation sites is 2. The summed E-state index contributed by atoms with van der Waals surface area (Å²) in [5.74, 6) is 0.848. The Morgan fingerprint density at radius 3 is 2.73 bits per heavy atom. The van der Waals surface area contributed by atoms with Gasteiger partial charge in [-0.1, -0.05) is 30.1 Å². The van der Waals surface area contributed by atoms with Crippen molar-refractivity contribution in [3.63, 3.8) is 0 Å². The first-order chi connectivity index (χ1) is 4.86. The Kier molecular flexibility index (Phi) is 2.49. The van der Waals surface area contributed by atoms with Crippen molar-refractivity contribution < 1.29 is 22.4 Å². The van der Waals surface area contributed by atoms with E-state index in [1.807, 2.05) is 31.2 Å². The van der Waals surface area contributed by atoms with E-state index in [9.17, 15) is 0 Å². The SMILES string of the molecule is Cc1nc2ccccc2[n-]1.[Ag+]. The second-order valence-corrected chi connectivity index (χ2v) is 2.26. The van der Waals surface area contributed by atoms with Crippen molar-refractivity contribution in [3.05, 3.63) is 30.1 Å². The predicted molar refractivity (Wildman–Crippen MR) is 39.8 cm³/mol. The molecule has 0 saturated carbocycles. The standard InChI is InChI=1S/C8H7N2.Ag/c1-6-9-7-4-2-3-5-8(7)10-6;/h2-5H,1H3;/q-1;+1. The summed E-state index contributed by atoms with van der Waals surface area (Å²) in [6.45, 7) is 1.90. The summed E-state index contributed by atoms with van der Waals surface area (Å²) in [6, 6.07) is 7.87. The number of imidazole rings is 1. The third-order valence-corrected chi connectivity index (χ3v) is 1.45. The zero-order chi connectivity index (χ0) is 6.97. The molecule has 0 N–H and O–H groups in total. The zero-order valence-corrected chi connectivity index (χ0v) is 7.49. The van der Waals surface area contributed by atoms with Gasteiger partial charge in [0, 0.05) is 0 Å². The Hall–Kier alpha value is -0.570. The number of hydrogen-bond donors (Lipinski definition) is 0. The fourth-order valence-corrected chi connectivity index (χ4v) is 1.03. The molecule has 0 aliphatic rings. The Bertz CT molecular complexity index is 321. The van der Waals surface area contributed by atoms with E-state index in [4.69, 9.17) is 0 Å². The normalized spacial score (nSPS) is 9.55. The van der Waals surface area contributed by atoms with Crippen LogP contribution in [0.5, 0.6) is 0 Å². The predicted octanol–water partition coefficient (Wildman–Crippen LogP) is 1.50. The monoisotopic (exact) mass is 238 g/mol. The summed E-state index contributed by atoms with van der Waals surface area (Å²) >= 11 is 0. The van der Waals surface area contributed by atoms with Gasteiger partial charge in [0.25, 0.3) is 0 Å². The molecule has 2 rings (SSSR count). The quantitative estimate of drug-likeness (QED) is 0.651. The minimum Gasteiger partial charge on any atom is -0.440 e. The van der Waals surface area contributed by atoms with Crippen molar-refractivity contribution in [1.29, 1.82) is 0 Å². The third kappa shape index (κ3) is 1.53. The van der Waals surface area contributed by atoms with E-state index in [-0.39, 0.29) is 22.4 Å². The van der Waals surface area contributed by atoms with Crippen LogP contribution in [0.1, 0.15) is 5.82 Å². The van der Waals surface area contributed by atoms with E-state index in [0.717, 1.165) is 16.9 Å². The van der Waals surface area contributed by atoms with Crippen LogP contribution in [0.15, 0.2) is 24.3 Å². The number of hydrogen-bond acceptors (Lipinski definition) is 1. The van der Waals surface area contributed by atoms with Gasteiger partial charge in [0.1, 0.15) is 0 Å². The average Bonchev–Trinajstić information content (AvgIpc) is 2.27. The van der Waals surface area contributed by atoms with E-state index in [1.54, 1.807) is 0 Å². The van der Waals surface area contributed by atoms with Crippen LogP contribution in [0.3, 0.4) is 0 Å². The van der Waals surface area contributed by atoms with Crippen LogP contribution in [-0.4, -0.2) is 4.98 Å². The van der Waals surface area contributed by atoms with Gasteiger partial charge < -0.3 is 9.97 Å². The van der Waals surface area contributed by atoms with Crippen LogP contribution in [0.4, 0.5) is 0 Å². The summed E-state index contributed by atoms with van der Waals surface area (Å²) in [5, 5.41) is 0. The van der Waals surface area contributed by atoms with Crippen LogP contribution in [0, 0.1) is 6.92 Å². The molecule has 2 aromatic rings. The van der Waals surface area contributed by atoms with Crippen molar-refractivity contribution in [2.24, 2.45) is 0 Å². The minimum absolute atomic E-state index is 0. The molecule has 0 saturated heterocycles. The zero-order valence-electron chi connectivity index (χ0n) is 6.01. The van der Waals surface area contributed by atoms with Gasteiger partial charge in [-0.25, -0.2) is 0 Å². The minimum atomic E-state index is 0. The Morgan fingerprint density at radius 2 is 2.00 bits per heavy atom. The molecule has 0 fully saturated rings. The maximum absolute atomic E-state index is 4.20. The van der Waals surface area contributed by atoms with Crippen molar-refractivity contribution in [2.45, 2.75) is 6.92 Å². The van der Waals surface area contributed by atoms with Crippen LogP contribution in [0.25, 0.3) is 11.0 Å². The van der Waals surface area contributed by atoms with Gasteiger partial charge in [0.2, 0.25) is 0 Å². The van der Waals surface area contributed by atoms with Crippen molar-refractivity contribution in [1.82, 2.24) is 9.97 Å². The Morgan fingerprint density at radius 1 is 1.27 bits per heavy atom. The van der Waals surface area contributed by atoms with Gasteiger partial charge in [-0.2, -0.15) is 0 Å². The largest absolute Gasteiger partial charge is 1.00 e. The number of benzene rings is 1. The summed E-state index contributed by atoms with van der Waals surface area (Å²) in [6.07, 6.45) is 0. The van der Waals surface area contributed by atoms with E-state index >= 15 is 0 Å². The first-order valence-corrected chi connectivity index (χ1v) is 3.22. The van der Waals surface area contributed by atoms with E-state index in [2.05, 4.69) is 9.97 Å². The molecule has 2 nitrogen and oxygen atoms in total. The molecule has 0 atom stereocenters. The summed E-state index contributed by atoms with van der Waals surface area (Å²) in [5.41, 5.74) is 1.97. The van der Waals surface area contributed by atoms with E-state index in [1.165, 1.54) is 0 Å². The van der Waals surface area contributed by atoms with Crippen molar-refractivity contribution in [3.8, 4) is 0 Å². The number of rotatable bonds is 0. The topological polar surface area (TPSA) is 27.0 Å². The Balaban J connectivity index is 0.000000605. The van der Waals surface area contributed by atoms with E-state index in [0.29, 0.717) is 0 Å². The molecule has 0 radical (unpaired) electrons. The van der Waals surface area contributed by atoms with Gasteiger partial charge in [0.05, 0.1) is 0 Å². The summed E-state index contributed by atoms with van der Waals surface area (Å²) in [7, 11) is 0. The fraction of sp³-hybridized carbons (Fsp3) is 0.125. The molecular weight excluding hydrogens is 232 g/mol. The maximum Gasteiger partial charge on any atom is 1.00 e. The van der Waals surface area contributed by atoms with Crippen LogP contribution >= 0.6 is 0 Å². The molecule has 0 aliphatic carbocycles. The molecule has 0 amide bonds. The molecule has 1 aromatic heterocycles. The molecule has 0 aliphatic heterocycles. The van der Waals surface area contributed by atoms with Crippen molar-refractivity contribution in [2.75, 3.05) is 0 Å². The molecule has 11 heavy (non-hydrogen) atoms. The summed E-state index contributed by atoms with van der Waals surface area (Å²) < 4.78 is 0. The van der Waals surface area contributed by atoms with Gasteiger partial charge in [-0.05, 0) is 18.0 Å². The first-order valence-electron chi connectivity index (χ1n) is 3.22. The smallest absolute Gasteiger partial charge is 0.440 e. The summed E-state index contributed by atoms with van der Waals surface area (Å²) in [4.78, 5) is 8.40. The number of aromatic nitrogens is 2. The van der Waals surface area contributed by atoms with Crippen LogP contribution in [-0.2, 0) is 22.4 Å². The second-order valence-electron chi connectivity index (χ2n) is 2.26. The number of nitrogens with zero attached hydrogens (tertiary/aromatic N) is 2. The van der Waals surface area contributed by atoms with Gasteiger partial charge in [0.15, 0.2) is 0 Å². The molecule has 0 unspecified atom stereocenters. The average molecular weight is 239 g/mol. The van der Waals surface area contributed by atoms with Crippen LogP contribution in [0.2, 0.25) is 0 Å². The number of aryl methyl sites for hydroxylation is 1. The first kappa shape index (κ1) is 8.53. The van der Waals surface area contributed by atoms with Crippen LogP contribution < -0.4 is 4.98 Å². The molecule has 60 valence electrons. The Labute approximate surface area is 80.5 Å². The van der Waals surface area contributed by atoms with Gasteiger partial charge in [-0.3, -0.25) is 0 Å². The molecular formula is C8H7AgN2.